The van der Waals surface area contributed by atoms with Crippen molar-refractivity contribution in [1.29, 1.82) is 0 Å². The smallest absolute Gasteiger partial charge is 0.303 e. The van der Waals surface area contributed by atoms with E-state index >= 15 is 0 Å². The largest absolute Gasteiger partial charge is 0.497 e. The molecule has 27 heavy (non-hydrogen) atoms. The molecular formula is C22H26N2O3. The second-order valence-electron chi connectivity index (χ2n) is 7.56. The summed E-state index contributed by atoms with van der Waals surface area (Å²) in [6, 6.07) is 7.99. The number of hydrogen-bond donors (Lipinski definition) is 0. The molecule has 3 saturated heterocycles. The molecule has 0 saturated carbocycles. The average molecular weight is 366 g/mol. The first-order valence-electron chi connectivity index (χ1n) is 9.57. The van der Waals surface area contributed by atoms with E-state index in [0.717, 1.165) is 41.7 Å². The van der Waals surface area contributed by atoms with Gasteiger partial charge >= 0.3 is 5.97 Å². The molecule has 0 radical (unpaired) electrons. The summed E-state index contributed by atoms with van der Waals surface area (Å²) < 4.78 is 11.3. The third kappa shape index (κ3) is 3.32. The van der Waals surface area contributed by atoms with Gasteiger partial charge in [0, 0.05) is 30.6 Å². The molecule has 0 spiro atoms. The monoisotopic (exact) mass is 366 g/mol. The van der Waals surface area contributed by atoms with Crippen LogP contribution in [-0.4, -0.2) is 42.1 Å². The van der Waals surface area contributed by atoms with E-state index in [1.807, 2.05) is 24.3 Å². The van der Waals surface area contributed by atoms with E-state index in [9.17, 15) is 4.79 Å². The number of nitrogens with zero attached hydrogens (tertiary/aromatic N) is 2. The Balaban J connectivity index is 1.76. The van der Waals surface area contributed by atoms with E-state index in [4.69, 9.17) is 9.47 Å². The number of ether oxygens (including phenoxy) is 2. The standard InChI is InChI=1S/C22H26N2O3/c1-4-15-13-24-10-8-16(15)11-21(24)22(27-14(2)25)18-7-9-23-20-6-5-17(26-3)12-19(18)20/h4-7,9,12,15-16,21-22H,1,8,10-11,13H2,2-3H3/t15?,16?,21?,22-/m0/s1. The van der Waals surface area contributed by atoms with Gasteiger partial charge < -0.3 is 9.47 Å². The van der Waals surface area contributed by atoms with Crippen molar-refractivity contribution in [1.82, 2.24) is 9.88 Å². The Morgan fingerprint density at radius 2 is 2.26 bits per heavy atom. The molecule has 1 aromatic carbocycles. The van der Waals surface area contributed by atoms with Gasteiger partial charge in [0.1, 0.15) is 11.9 Å². The lowest BCUT2D eigenvalue weighted by molar-refractivity contribution is -0.154. The van der Waals surface area contributed by atoms with Crippen molar-refractivity contribution in [2.24, 2.45) is 11.8 Å². The van der Waals surface area contributed by atoms with Gasteiger partial charge in [0.2, 0.25) is 0 Å². The zero-order valence-electron chi connectivity index (χ0n) is 15.9. The molecule has 3 aliphatic heterocycles. The number of methoxy groups -OCH3 is 1. The van der Waals surface area contributed by atoms with Gasteiger partial charge in [0.25, 0.3) is 0 Å². The summed E-state index contributed by atoms with van der Waals surface area (Å²) in [6.45, 7) is 7.53. The van der Waals surface area contributed by atoms with E-state index in [-0.39, 0.29) is 18.1 Å². The van der Waals surface area contributed by atoms with Crippen LogP contribution in [0.5, 0.6) is 5.75 Å². The van der Waals surface area contributed by atoms with Crippen molar-refractivity contribution in [3.8, 4) is 5.75 Å². The number of benzene rings is 1. The molecule has 3 aliphatic rings. The highest BCUT2D eigenvalue weighted by Gasteiger charge is 2.44. The average Bonchev–Trinajstić information content (AvgIpc) is 2.71. The summed E-state index contributed by atoms with van der Waals surface area (Å²) in [5, 5.41) is 0.978. The molecule has 2 aromatic rings. The Bertz CT molecular complexity index is 866. The van der Waals surface area contributed by atoms with Crippen molar-refractivity contribution in [2.75, 3.05) is 20.2 Å². The third-order valence-corrected chi connectivity index (χ3v) is 6.09. The van der Waals surface area contributed by atoms with Crippen LogP contribution in [0.2, 0.25) is 0 Å². The number of carbonyl (C=O) groups excluding carboxylic acids is 1. The van der Waals surface area contributed by atoms with Crippen LogP contribution in [0.1, 0.15) is 31.4 Å². The zero-order valence-corrected chi connectivity index (χ0v) is 15.9. The molecule has 5 nitrogen and oxygen atoms in total. The van der Waals surface area contributed by atoms with Gasteiger partial charge in [0.05, 0.1) is 18.7 Å². The molecule has 0 aliphatic carbocycles. The molecular weight excluding hydrogens is 340 g/mol. The van der Waals surface area contributed by atoms with Gasteiger partial charge in [0.15, 0.2) is 0 Å². The molecule has 0 N–H and O–H groups in total. The van der Waals surface area contributed by atoms with Gasteiger partial charge in [-0.3, -0.25) is 14.7 Å². The predicted molar refractivity (Wildman–Crippen MR) is 105 cm³/mol. The molecule has 1 aromatic heterocycles. The quantitative estimate of drug-likeness (QED) is 0.596. The summed E-state index contributed by atoms with van der Waals surface area (Å²) in [5.74, 6) is 1.66. The van der Waals surface area contributed by atoms with Crippen LogP contribution in [-0.2, 0) is 9.53 Å². The second kappa shape index (κ2) is 7.31. The minimum Gasteiger partial charge on any atom is -0.497 e. The lowest BCUT2D eigenvalue weighted by Crippen LogP contribution is -2.55. The molecule has 3 fully saturated rings. The Morgan fingerprint density at radius 1 is 1.41 bits per heavy atom. The number of piperidine rings is 3. The summed E-state index contributed by atoms with van der Waals surface area (Å²) >= 11 is 0. The van der Waals surface area contributed by atoms with Crippen molar-refractivity contribution >= 4 is 16.9 Å². The molecule has 4 heterocycles. The number of pyridine rings is 1. The Kier molecular flexibility index (Phi) is 4.87. The number of aromatic nitrogens is 1. The van der Waals surface area contributed by atoms with Crippen LogP contribution < -0.4 is 4.74 Å². The zero-order chi connectivity index (χ0) is 19.0. The lowest BCUT2D eigenvalue weighted by Gasteiger charge is -2.51. The van der Waals surface area contributed by atoms with Crippen LogP contribution in [0.4, 0.5) is 0 Å². The van der Waals surface area contributed by atoms with Crippen LogP contribution >= 0.6 is 0 Å². The highest BCUT2D eigenvalue weighted by Crippen LogP contribution is 2.43. The van der Waals surface area contributed by atoms with Crippen molar-refractivity contribution in [2.45, 2.75) is 31.9 Å². The SMILES string of the molecule is C=CC1CN2CCC1CC2[C@@H](OC(C)=O)c1ccnc2ccc(OC)cc12. The normalized spacial score (nSPS) is 27.9. The minimum atomic E-state index is -0.311. The molecule has 5 rings (SSSR count). The molecule has 2 bridgehead atoms. The summed E-state index contributed by atoms with van der Waals surface area (Å²) in [4.78, 5) is 18.9. The Labute approximate surface area is 160 Å². The van der Waals surface area contributed by atoms with Gasteiger partial charge in [-0.25, -0.2) is 0 Å². The molecule has 4 unspecified atom stereocenters. The first kappa shape index (κ1) is 18.0. The highest BCUT2D eigenvalue weighted by atomic mass is 16.5. The van der Waals surface area contributed by atoms with E-state index in [0.29, 0.717) is 11.8 Å². The van der Waals surface area contributed by atoms with Crippen LogP contribution in [0.3, 0.4) is 0 Å². The molecule has 5 heteroatoms. The summed E-state index contributed by atoms with van der Waals surface area (Å²) in [7, 11) is 1.65. The lowest BCUT2D eigenvalue weighted by atomic mass is 9.73. The van der Waals surface area contributed by atoms with E-state index in [1.54, 1.807) is 13.3 Å². The summed E-state index contributed by atoms with van der Waals surface area (Å²) in [6.07, 6.45) is 5.77. The maximum Gasteiger partial charge on any atom is 0.303 e. The molecule has 142 valence electrons. The van der Waals surface area contributed by atoms with Crippen LogP contribution in [0.25, 0.3) is 10.9 Å². The number of hydrogen-bond acceptors (Lipinski definition) is 5. The fourth-order valence-corrected chi connectivity index (χ4v) is 4.74. The van der Waals surface area contributed by atoms with Crippen molar-refractivity contribution in [3.63, 3.8) is 0 Å². The Hall–Kier alpha value is -2.40. The Morgan fingerprint density at radius 3 is 2.93 bits per heavy atom. The maximum absolute atomic E-state index is 12.0. The van der Waals surface area contributed by atoms with Crippen molar-refractivity contribution in [3.05, 3.63) is 48.7 Å². The summed E-state index contributed by atoms with van der Waals surface area (Å²) in [5.41, 5.74) is 1.88. The highest BCUT2D eigenvalue weighted by molar-refractivity contribution is 5.84. The fourth-order valence-electron chi connectivity index (χ4n) is 4.74. The predicted octanol–water partition coefficient (Wildman–Crippen LogP) is 3.74. The van der Waals surface area contributed by atoms with Gasteiger partial charge in [-0.2, -0.15) is 0 Å². The van der Waals surface area contributed by atoms with Gasteiger partial charge in [-0.15, -0.1) is 6.58 Å². The molecule has 5 atom stereocenters. The maximum atomic E-state index is 12.0. The minimum absolute atomic E-state index is 0.181. The first-order chi connectivity index (χ1) is 13.1. The van der Waals surface area contributed by atoms with Gasteiger partial charge in [-0.1, -0.05) is 6.08 Å². The van der Waals surface area contributed by atoms with Gasteiger partial charge in [-0.05, 0) is 55.5 Å². The van der Waals surface area contributed by atoms with Crippen LogP contribution in [0.15, 0.2) is 43.1 Å². The third-order valence-electron chi connectivity index (χ3n) is 6.09. The number of fused-ring (bicyclic) bond motifs is 4. The fraction of sp³-hybridized carbons (Fsp3) is 0.455. The topological polar surface area (TPSA) is 51.7 Å². The van der Waals surface area contributed by atoms with Crippen molar-refractivity contribution < 1.29 is 14.3 Å². The number of rotatable bonds is 5. The van der Waals surface area contributed by atoms with Crippen LogP contribution in [0, 0.1) is 11.8 Å². The van der Waals surface area contributed by atoms with E-state index in [2.05, 4.69) is 22.5 Å². The number of carbonyl (C=O) groups is 1. The van der Waals surface area contributed by atoms with E-state index in [1.165, 1.54) is 13.3 Å². The number of esters is 1. The molecule has 0 amide bonds. The first-order valence-corrected chi connectivity index (χ1v) is 9.57. The van der Waals surface area contributed by atoms with E-state index < -0.39 is 0 Å². The second-order valence-corrected chi connectivity index (χ2v) is 7.56.